The summed E-state index contributed by atoms with van der Waals surface area (Å²) in [5.74, 6) is -1.68. The van der Waals surface area contributed by atoms with Crippen LogP contribution in [0.25, 0.3) is 11.1 Å². The first kappa shape index (κ1) is 20.9. The number of benzene rings is 2. The second-order valence-corrected chi connectivity index (χ2v) is 7.59. The number of hydrogen-bond donors (Lipinski definition) is 2. The highest BCUT2D eigenvalue weighted by Gasteiger charge is 2.40. The van der Waals surface area contributed by atoms with Crippen LogP contribution in [0, 0.1) is 17.6 Å². The van der Waals surface area contributed by atoms with Gasteiger partial charge in [-0.2, -0.15) is 0 Å². The monoisotopic (exact) mass is 389 g/mol. The molecule has 5 heteroatoms. The van der Waals surface area contributed by atoms with Crippen LogP contribution in [0.5, 0.6) is 0 Å². The lowest BCUT2D eigenvalue weighted by Gasteiger charge is -2.40. The Morgan fingerprint density at radius 3 is 2.68 bits per heavy atom. The van der Waals surface area contributed by atoms with Gasteiger partial charge in [-0.15, -0.1) is 0 Å². The maximum atomic E-state index is 13.9. The van der Waals surface area contributed by atoms with E-state index in [4.69, 9.17) is 4.74 Å². The average molecular weight is 389 g/mol. The molecule has 1 fully saturated rings. The number of hydrogen-bond acceptors (Lipinski definition) is 3. The molecule has 2 aromatic carbocycles. The fourth-order valence-electron chi connectivity index (χ4n) is 4.24. The van der Waals surface area contributed by atoms with Crippen LogP contribution in [0.15, 0.2) is 42.5 Å². The molecule has 152 valence electrons. The minimum atomic E-state index is -1.04. The zero-order chi connectivity index (χ0) is 20.0. The molecule has 3 rings (SSSR count). The van der Waals surface area contributed by atoms with Gasteiger partial charge in [0.2, 0.25) is 0 Å². The van der Waals surface area contributed by atoms with E-state index >= 15 is 0 Å². The number of aliphatic hydroxyl groups is 1. The number of ether oxygens (including phenoxy) is 1. The molecule has 0 aliphatic carbocycles. The van der Waals surface area contributed by atoms with Gasteiger partial charge in [0.05, 0.1) is 5.60 Å². The van der Waals surface area contributed by atoms with Crippen molar-refractivity contribution in [2.75, 3.05) is 26.8 Å². The lowest BCUT2D eigenvalue weighted by Crippen LogP contribution is -2.44. The summed E-state index contributed by atoms with van der Waals surface area (Å²) in [6, 6.07) is 11.5. The van der Waals surface area contributed by atoms with Crippen molar-refractivity contribution in [1.82, 2.24) is 5.32 Å². The maximum absolute atomic E-state index is 13.9. The van der Waals surface area contributed by atoms with E-state index in [1.54, 1.807) is 13.2 Å². The van der Waals surface area contributed by atoms with Crippen LogP contribution in [-0.4, -0.2) is 31.9 Å². The maximum Gasteiger partial charge on any atom is 0.159 e. The summed E-state index contributed by atoms with van der Waals surface area (Å²) in [6.07, 6.45) is 4.24. The van der Waals surface area contributed by atoms with E-state index in [1.165, 1.54) is 6.07 Å². The Bertz CT molecular complexity index is 777. The smallest absolute Gasteiger partial charge is 0.159 e. The minimum Gasteiger partial charge on any atom is -0.385 e. The van der Waals surface area contributed by atoms with Crippen molar-refractivity contribution in [3.63, 3.8) is 0 Å². The van der Waals surface area contributed by atoms with E-state index in [0.717, 1.165) is 56.0 Å². The summed E-state index contributed by atoms with van der Waals surface area (Å²) in [6.45, 7) is 2.36. The molecule has 0 bridgehead atoms. The Labute approximate surface area is 165 Å². The molecule has 28 heavy (non-hydrogen) atoms. The predicted octanol–water partition coefficient (Wildman–Crippen LogP) is 4.64. The van der Waals surface area contributed by atoms with Gasteiger partial charge >= 0.3 is 0 Å². The Balaban J connectivity index is 2.00. The van der Waals surface area contributed by atoms with Crippen LogP contribution in [0.3, 0.4) is 0 Å². The zero-order valence-corrected chi connectivity index (χ0v) is 16.4. The van der Waals surface area contributed by atoms with Crippen molar-refractivity contribution < 1.29 is 18.6 Å². The molecule has 0 saturated carbocycles. The third kappa shape index (κ3) is 4.59. The van der Waals surface area contributed by atoms with Gasteiger partial charge in [-0.05, 0) is 67.5 Å². The molecule has 2 atom stereocenters. The topological polar surface area (TPSA) is 41.5 Å². The molecule has 0 amide bonds. The highest BCUT2D eigenvalue weighted by Crippen LogP contribution is 2.42. The minimum absolute atomic E-state index is 0.0650. The molecule has 1 aliphatic heterocycles. The van der Waals surface area contributed by atoms with Crippen molar-refractivity contribution in [1.29, 1.82) is 0 Å². The summed E-state index contributed by atoms with van der Waals surface area (Å²) < 4.78 is 32.5. The van der Waals surface area contributed by atoms with Crippen LogP contribution >= 0.6 is 0 Å². The molecule has 0 aromatic heterocycles. The summed E-state index contributed by atoms with van der Waals surface area (Å²) in [4.78, 5) is 0. The summed E-state index contributed by atoms with van der Waals surface area (Å²) in [5, 5.41) is 15.3. The quantitative estimate of drug-likeness (QED) is 0.647. The SMILES string of the molecule is COCCCC[C@@](O)(c1ccccc1-c1ccc(F)c(F)c1)C1CCCNC1. The largest absolute Gasteiger partial charge is 0.385 e. The molecular formula is C23H29F2NO2. The van der Waals surface area contributed by atoms with Crippen molar-refractivity contribution in [2.45, 2.75) is 37.7 Å². The molecular weight excluding hydrogens is 360 g/mol. The standard InChI is InChI=1S/C23H29F2NO2/c1-28-14-5-4-12-23(27,18-7-6-13-26-16-18)20-9-3-2-8-19(20)17-10-11-21(24)22(25)15-17/h2-3,8-11,15,18,26-27H,4-7,12-14,16H2,1H3/t18?,23-/m0/s1. The molecule has 1 unspecified atom stereocenters. The van der Waals surface area contributed by atoms with E-state index in [1.807, 2.05) is 24.3 Å². The summed E-state index contributed by atoms with van der Waals surface area (Å²) in [7, 11) is 1.68. The molecule has 2 aromatic rings. The van der Waals surface area contributed by atoms with Gasteiger partial charge < -0.3 is 15.2 Å². The Morgan fingerprint density at radius 2 is 1.96 bits per heavy atom. The van der Waals surface area contributed by atoms with Gasteiger partial charge in [-0.25, -0.2) is 8.78 Å². The van der Waals surface area contributed by atoms with E-state index < -0.39 is 17.2 Å². The Hall–Kier alpha value is -1.82. The van der Waals surface area contributed by atoms with Crippen LogP contribution in [0.2, 0.25) is 0 Å². The third-order valence-corrected chi connectivity index (χ3v) is 5.75. The van der Waals surface area contributed by atoms with E-state index in [2.05, 4.69) is 5.32 Å². The number of methoxy groups -OCH3 is 1. The second kappa shape index (κ2) is 9.59. The number of halogens is 2. The lowest BCUT2D eigenvalue weighted by molar-refractivity contribution is -0.0429. The highest BCUT2D eigenvalue weighted by atomic mass is 19.2. The van der Waals surface area contributed by atoms with Gasteiger partial charge in [0, 0.05) is 26.2 Å². The molecule has 1 heterocycles. The van der Waals surface area contributed by atoms with Crippen LogP contribution in [-0.2, 0) is 10.3 Å². The van der Waals surface area contributed by atoms with Gasteiger partial charge in [0.25, 0.3) is 0 Å². The first-order valence-corrected chi connectivity index (χ1v) is 10.0. The predicted molar refractivity (Wildman–Crippen MR) is 107 cm³/mol. The van der Waals surface area contributed by atoms with Crippen LogP contribution in [0.4, 0.5) is 8.78 Å². The Morgan fingerprint density at radius 1 is 1.14 bits per heavy atom. The fourth-order valence-corrected chi connectivity index (χ4v) is 4.24. The first-order chi connectivity index (χ1) is 13.6. The van der Waals surface area contributed by atoms with E-state index in [0.29, 0.717) is 18.6 Å². The molecule has 1 saturated heterocycles. The second-order valence-electron chi connectivity index (χ2n) is 7.59. The average Bonchev–Trinajstić information content (AvgIpc) is 2.74. The van der Waals surface area contributed by atoms with E-state index in [9.17, 15) is 13.9 Å². The van der Waals surface area contributed by atoms with Gasteiger partial charge in [0.15, 0.2) is 11.6 Å². The van der Waals surface area contributed by atoms with Crippen molar-refractivity contribution >= 4 is 0 Å². The third-order valence-electron chi connectivity index (χ3n) is 5.75. The normalized spacial score (nSPS) is 19.4. The fraction of sp³-hybridized carbons (Fsp3) is 0.478. The van der Waals surface area contributed by atoms with Gasteiger partial charge in [-0.3, -0.25) is 0 Å². The van der Waals surface area contributed by atoms with Crippen molar-refractivity contribution in [3.05, 3.63) is 59.7 Å². The van der Waals surface area contributed by atoms with Crippen molar-refractivity contribution in [3.8, 4) is 11.1 Å². The number of unbranched alkanes of at least 4 members (excludes halogenated alkanes) is 1. The molecule has 3 nitrogen and oxygen atoms in total. The lowest BCUT2D eigenvalue weighted by atomic mass is 9.72. The first-order valence-electron chi connectivity index (χ1n) is 10.0. The van der Waals surface area contributed by atoms with Crippen molar-refractivity contribution in [2.24, 2.45) is 5.92 Å². The summed E-state index contributed by atoms with van der Waals surface area (Å²) >= 11 is 0. The van der Waals surface area contributed by atoms with Crippen LogP contribution in [0.1, 0.15) is 37.7 Å². The number of piperidine rings is 1. The van der Waals surface area contributed by atoms with Crippen LogP contribution < -0.4 is 5.32 Å². The van der Waals surface area contributed by atoms with Gasteiger partial charge in [-0.1, -0.05) is 30.3 Å². The Kier molecular flexibility index (Phi) is 7.16. The zero-order valence-electron chi connectivity index (χ0n) is 16.4. The molecule has 0 radical (unpaired) electrons. The number of rotatable bonds is 8. The van der Waals surface area contributed by atoms with E-state index in [-0.39, 0.29) is 5.92 Å². The number of nitrogens with one attached hydrogen (secondary N) is 1. The summed E-state index contributed by atoms with van der Waals surface area (Å²) in [5.41, 5.74) is 1.07. The highest BCUT2D eigenvalue weighted by molar-refractivity contribution is 5.68. The molecule has 1 aliphatic rings. The molecule has 2 N–H and O–H groups in total. The van der Waals surface area contributed by atoms with Gasteiger partial charge in [0.1, 0.15) is 0 Å². The molecule has 0 spiro atoms.